The van der Waals surface area contributed by atoms with Crippen molar-refractivity contribution in [1.29, 1.82) is 0 Å². The molecule has 1 aromatic rings. The molecule has 1 saturated carbocycles. The van der Waals surface area contributed by atoms with Gasteiger partial charge >= 0.3 is 5.97 Å². The van der Waals surface area contributed by atoms with E-state index in [-0.39, 0.29) is 12.1 Å². The zero-order chi connectivity index (χ0) is 28.7. The molecule has 1 fully saturated rings. The number of hydrogen-bond acceptors (Lipinski definition) is 12. The smallest absolute Gasteiger partial charge is 0.335 e. The largest absolute Gasteiger partial charge is 0.494 e. The van der Waals surface area contributed by atoms with Gasteiger partial charge in [-0.2, -0.15) is 0 Å². The Morgan fingerprint density at radius 3 is 2.49 bits per heavy atom. The molecule has 0 bridgehead atoms. The number of hydrogen-bond donors (Lipinski definition) is 7. The number of allylic oxidation sites excluding steroid dienone is 3. The minimum Gasteiger partial charge on any atom is -0.494 e. The number of aliphatic carboxylic acids is 1. The van der Waals surface area contributed by atoms with Crippen LogP contribution in [0.4, 0.5) is 0 Å². The summed E-state index contributed by atoms with van der Waals surface area (Å²) in [6.07, 6.45) is 1.88. The van der Waals surface area contributed by atoms with Gasteiger partial charge in [0.1, 0.15) is 29.8 Å². The van der Waals surface area contributed by atoms with Crippen molar-refractivity contribution in [2.75, 3.05) is 20.3 Å². The van der Waals surface area contributed by atoms with E-state index in [2.05, 4.69) is 9.97 Å². The first-order chi connectivity index (χ1) is 18.6. The number of dihydropyridines is 1. The first-order valence-electron chi connectivity index (χ1n) is 12.5. The number of fused-ring (bicyclic) bond motifs is 2. The van der Waals surface area contributed by atoms with Crippen molar-refractivity contribution >= 4 is 11.7 Å². The number of nitrogens with zero attached hydrogens (tertiary/aromatic N) is 3. The average molecular weight is 550 g/mol. The fourth-order valence-corrected chi connectivity index (χ4v) is 4.61. The number of aliphatic imine (C=N–C) groups is 1. The van der Waals surface area contributed by atoms with Gasteiger partial charge in [-0.1, -0.05) is 0 Å². The van der Waals surface area contributed by atoms with E-state index in [0.29, 0.717) is 19.4 Å². The van der Waals surface area contributed by atoms with E-state index in [1.807, 2.05) is 13.0 Å². The third kappa shape index (κ3) is 7.06. The second kappa shape index (κ2) is 13.7. The van der Waals surface area contributed by atoms with Gasteiger partial charge in [0.15, 0.2) is 11.9 Å². The molecule has 0 spiro atoms. The Morgan fingerprint density at radius 2 is 1.90 bits per heavy atom. The topological polar surface area (TPSA) is 215 Å². The number of aromatic nitrogens is 2. The number of methoxy groups -OCH3 is 1. The van der Waals surface area contributed by atoms with E-state index < -0.39 is 37.0 Å². The summed E-state index contributed by atoms with van der Waals surface area (Å²) in [5.74, 6) is -0.172. The Balaban J connectivity index is 0.000000276. The first-order valence-corrected chi connectivity index (χ1v) is 12.5. The number of carboxylic acids is 1. The maximum absolute atomic E-state index is 10.2. The minimum atomic E-state index is -2.20. The maximum atomic E-state index is 10.2. The van der Waals surface area contributed by atoms with Gasteiger partial charge in [0.05, 0.1) is 44.4 Å². The molecule has 4 rings (SSSR count). The van der Waals surface area contributed by atoms with Gasteiger partial charge in [-0.3, -0.25) is 15.0 Å². The van der Waals surface area contributed by atoms with E-state index in [0.717, 1.165) is 41.3 Å². The van der Waals surface area contributed by atoms with Crippen LogP contribution in [0.15, 0.2) is 57.9 Å². The van der Waals surface area contributed by atoms with E-state index in [1.165, 1.54) is 11.1 Å². The van der Waals surface area contributed by atoms with E-state index in [1.54, 1.807) is 25.7 Å². The molecule has 13 heteroatoms. The second-order valence-corrected chi connectivity index (χ2v) is 9.20. The van der Waals surface area contributed by atoms with Crippen molar-refractivity contribution in [2.45, 2.75) is 69.2 Å². The first kappa shape index (κ1) is 30.3. The number of rotatable bonds is 9. The molecule has 0 amide bonds. The van der Waals surface area contributed by atoms with Crippen LogP contribution in [0.1, 0.15) is 38.3 Å². The highest BCUT2D eigenvalue weighted by Crippen LogP contribution is 2.42. The lowest BCUT2D eigenvalue weighted by Crippen LogP contribution is -2.48. The standard InChI is InChI=1S/C20H23N3O3.C6H12O7/c1-3-26-19-9-13-14-8-12(24)4-5-16(14)23-20(15(13)10-18(19)25-2)17-11-21-6-7-22-17;7-1-2(8)3(9)4(10)5(11)6(12)13/h6-7,10-12,16,24H,3-5,8-9H2,1-2H3;2-5,7-11H,1H2,(H,12,13)/t12-,16-;2-,3-,4+,5-/m11/s1. The number of aliphatic hydroxyl groups excluding tert-OH is 6. The Hall–Kier alpha value is -3.20. The van der Waals surface area contributed by atoms with Crippen LogP contribution < -0.4 is 0 Å². The lowest BCUT2D eigenvalue weighted by Gasteiger charge is -2.36. The van der Waals surface area contributed by atoms with Crippen LogP contribution in [0, 0.1) is 0 Å². The zero-order valence-corrected chi connectivity index (χ0v) is 21.7. The second-order valence-electron chi connectivity index (χ2n) is 9.20. The van der Waals surface area contributed by atoms with Crippen molar-refractivity contribution in [1.82, 2.24) is 9.97 Å². The normalized spacial score (nSPS) is 23.6. The molecule has 0 unspecified atom stereocenters. The molecule has 1 aromatic heterocycles. The van der Waals surface area contributed by atoms with Gasteiger partial charge < -0.3 is 45.2 Å². The number of carboxylic acid groups (broad SMARTS) is 1. The molecule has 7 N–H and O–H groups in total. The fraction of sp³-hybridized carbons (Fsp3) is 0.538. The third-order valence-corrected chi connectivity index (χ3v) is 6.62. The van der Waals surface area contributed by atoms with Crippen LogP contribution in [0.3, 0.4) is 0 Å². The predicted molar refractivity (Wildman–Crippen MR) is 136 cm³/mol. The lowest BCUT2D eigenvalue weighted by molar-refractivity contribution is -0.164. The molecule has 2 heterocycles. The summed E-state index contributed by atoms with van der Waals surface area (Å²) in [5.41, 5.74) is 5.02. The minimum absolute atomic E-state index is 0.0922. The zero-order valence-electron chi connectivity index (χ0n) is 21.7. The van der Waals surface area contributed by atoms with Crippen LogP contribution in [0.25, 0.3) is 0 Å². The highest BCUT2D eigenvalue weighted by molar-refractivity contribution is 6.15. The quantitative estimate of drug-likeness (QED) is 0.202. The maximum Gasteiger partial charge on any atom is 0.335 e. The summed E-state index contributed by atoms with van der Waals surface area (Å²) < 4.78 is 11.4. The molecule has 39 heavy (non-hydrogen) atoms. The van der Waals surface area contributed by atoms with Gasteiger partial charge in [-0.15, -0.1) is 0 Å². The number of carbonyl (C=O) groups is 1. The summed E-state index contributed by atoms with van der Waals surface area (Å²) in [4.78, 5) is 23.7. The Kier molecular flexibility index (Phi) is 10.7. The highest BCUT2D eigenvalue weighted by atomic mass is 16.5. The third-order valence-electron chi connectivity index (χ3n) is 6.62. The Bertz CT molecular complexity index is 1130. The molecule has 3 aliphatic rings. The van der Waals surface area contributed by atoms with Crippen LogP contribution >= 0.6 is 0 Å². The molecule has 0 radical (unpaired) electrons. The van der Waals surface area contributed by atoms with Crippen molar-refractivity contribution in [3.63, 3.8) is 0 Å². The van der Waals surface area contributed by atoms with Gasteiger partial charge in [-0.25, -0.2) is 4.79 Å². The van der Waals surface area contributed by atoms with E-state index >= 15 is 0 Å². The lowest BCUT2D eigenvalue weighted by atomic mass is 9.76. The van der Waals surface area contributed by atoms with Crippen molar-refractivity contribution in [3.8, 4) is 0 Å². The van der Waals surface area contributed by atoms with Crippen LogP contribution in [-0.2, 0) is 14.3 Å². The number of ether oxygens (including phenoxy) is 2. The summed E-state index contributed by atoms with van der Waals surface area (Å²) in [5, 5.41) is 62.0. The molecule has 6 atom stereocenters. The van der Waals surface area contributed by atoms with Gasteiger partial charge in [-0.05, 0) is 43.4 Å². The van der Waals surface area contributed by atoms with E-state index in [4.69, 9.17) is 45.1 Å². The van der Waals surface area contributed by atoms with Gasteiger partial charge in [0.2, 0.25) is 0 Å². The highest BCUT2D eigenvalue weighted by Gasteiger charge is 2.36. The molecular formula is C26H35N3O10. The monoisotopic (exact) mass is 549 g/mol. The Labute approximate surface area is 225 Å². The summed E-state index contributed by atoms with van der Waals surface area (Å²) in [7, 11) is 1.65. The number of aliphatic hydroxyl groups is 6. The molecule has 214 valence electrons. The molecule has 2 aliphatic carbocycles. The molecule has 13 nitrogen and oxygen atoms in total. The molecular weight excluding hydrogens is 514 g/mol. The molecule has 0 saturated heterocycles. The van der Waals surface area contributed by atoms with E-state index in [9.17, 15) is 9.90 Å². The molecule has 0 aromatic carbocycles. The Morgan fingerprint density at radius 1 is 1.15 bits per heavy atom. The van der Waals surface area contributed by atoms with Crippen LogP contribution in [-0.4, -0.2) is 114 Å². The fourth-order valence-electron chi connectivity index (χ4n) is 4.61. The average Bonchev–Trinajstić information content (AvgIpc) is 2.95. The van der Waals surface area contributed by atoms with Crippen LogP contribution in [0.2, 0.25) is 0 Å². The summed E-state index contributed by atoms with van der Waals surface area (Å²) >= 11 is 0. The van der Waals surface area contributed by atoms with Crippen molar-refractivity contribution in [2.24, 2.45) is 4.99 Å². The predicted octanol–water partition coefficient (Wildman–Crippen LogP) is -0.779. The molecule has 1 aliphatic heterocycles. The summed E-state index contributed by atoms with van der Waals surface area (Å²) in [6.45, 7) is 1.72. The van der Waals surface area contributed by atoms with Crippen LogP contribution in [0.5, 0.6) is 0 Å². The summed E-state index contributed by atoms with van der Waals surface area (Å²) in [6, 6.07) is 0.0922. The van der Waals surface area contributed by atoms with Gasteiger partial charge in [0.25, 0.3) is 0 Å². The van der Waals surface area contributed by atoms with Gasteiger partial charge in [0, 0.05) is 24.4 Å². The van der Waals surface area contributed by atoms with Crippen molar-refractivity contribution in [3.05, 3.63) is 58.6 Å². The SMILES string of the molecule is CCOC1=C(OC)C=C2C(c3cnccn3)=N[C@@H]3CC[C@@H](O)CC3=C2C1.O=C(O)[C@H](O)[C@@H](O)[C@H](O)[C@H](O)CO. The van der Waals surface area contributed by atoms with Crippen molar-refractivity contribution < 1.29 is 50.0 Å².